The first kappa shape index (κ1) is 26.1. The molecule has 0 aliphatic heterocycles. The normalized spacial score (nSPS) is 11.4. The van der Waals surface area contributed by atoms with Crippen LogP contribution in [0.3, 0.4) is 0 Å². The molecule has 180 valence electrons. The third-order valence-corrected chi connectivity index (χ3v) is 7.41. The molecule has 0 aliphatic carbocycles. The molecule has 0 heterocycles. The number of benzene rings is 3. The van der Waals surface area contributed by atoms with Gasteiger partial charge in [-0.2, -0.15) is 4.31 Å². The summed E-state index contributed by atoms with van der Waals surface area (Å²) in [5, 5.41) is 0.387. The quantitative estimate of drug-likeness (QED) is 0.299. The Morgan fingerprint density at radius 1 is 1.00 bits per heavy atom. The standard InChI is InChI=1S/C25H25BrClNO5S/c1-4-32-21-10-8-20(9-11-21)28(34(30,31)22-12-6-19(27)7-13-22)25(29)16-33-24-14-5-18(26)15-23(24)17(2)3/h5-15,17H,4,16H2,1-3H3. The zero-order valence-electron chi connectivity index (χ0n) is 19.0. The second kappa shape index (κ2) is 11.3. The van der Waals surface area contributed by atoms with Gasteiger partial charge in [0.1, 0.15) is 11.5 Å². The van der Waals surface area contributed by atoms with Crippen molar-refractivity contribution in [2.24, 2.45) is 0 Å². The highest BCUT2D eigenvalue weighted by Gasteiger charge is 2.31. The largest absolute Gasteiger partial charge is 0.494 e. The number of carbonyl (C=O) groups excluding carboxylic acids is 1. The molecule has 3 rings (SSSR count). The van der Waals surface area contributed by atoms with Crippen LogP contribution in [0.25, 0.3) is 0 Å². The van der Waals surface area contributed by atoms with Gasteiger partial charge in [0.05, 0.1) is 17.2 Å². The number of carbonyl (C=O) groups is 1. The van der Waals surface area contributed by atoms with Gasteiger partial charge >= 0.3 is 0 Å². The van der Waals surface area contributed by atoms with Crippen molar-refractivity contribution in [1.29, 1.82) is 0 Å². The molecule has 0 saturated carbocycles. The minimum Gasteiger partial charge on any atom is -0.494 e. The summed E-state index contributed by atoms with van der Waals surface area (Å²) >= 11 is 9.37. The summed E-state index contributed by atoms with van der Waals surface area (Å²) in [7, 11) is -4.24. The van der Waals surface area contributed by atoms with E-state index in [1.165, 1.54) is 36.4 Å². The number of ether oxygens (including phenoxy) is 2. The Balaban J connectivity index is 1.96. The average molecular weight is 567 g/mol. The summed E-state index contributed by atoms with van der Waals surface area (Å²) in [6.45, 7) is 5.85. The van der Waals surface area contributed by atoms with Crippen LogP contribution in [-0.4, -0.2) is 27.5 Å². The molecule has 6 nitrogen and oxygen atoms in total. The Labute approximate surface area is 213 Å². The van der Waals surface area contributed by atoms with E-state index in [4.69, 9.17) is 21.1 Å². The molecule has 0 bridgehead atoms. The van der Waals surface area contributed by atoms with E-state index in [1.54, 1.807) is 24.3 Å². The van der Waals surface area contributed by atoms with Gasteiger partial charge in [-0.15, -0.1) is 0 Å². The Morgan fingerprint density at radius 2 is 1.65 bits per heavy atom. The SMILES string of the molecule is CCOc1ccc(N(C(=O)COc2ccc(Br)cc2C(C)C)S(=O)(=O)c2ccc(Cl)cc2)cc1. The second-order valence-electron chi connectivity index (χ2n) is 7.67. The molecule has 0 unspecified atom stereocenters. The van der Waals surface area contributed by atoms with Crippen molar-refractivity contribution in [3.63, 3.8) is 0 Å². The Kier molecular flexibility index (Phi) is 8.62. The monoisotopic (exact) mass is 565 g/mol. The van der Waals surface area contributed by atoms with Gasteiger partial charge in [0.25, 0.3) is 15.9 Å². The number of hydrogen-bond donors (Lipinski definition) is 0. The van der Waals surface area contributed by atoms with E-state index in [2.05, 4.69) is 15.9 Å². The number of anilines is 1. The van der Waals surface area contributed by atoms with Gasteiger partial charge in [0.15, 0.2) is 6.61 Å². The maximum atomic E-state index is 13.5. The molecular weight excluding hydrogens is 542 g/mol. The third-order valence-electron chi connectivity index (χ3n) is 4.91. The highest BCUT2D eigenvalue weighted by molar-refractivity contribution is 9.10. The number of amides is 1. The molecule has 0 aromatic heterocycles. The maximum Gasteiger partial charge on any atom is 0.278 e. The molecule has 3 aromatic rings. The molecular formula is C25H25BrClNO5S. The van der Waals surface area contributed by atoms with Crippen LogP contribution in [0.2, 0.25) is 5.02 Å². The van der Waals surface area contributed by atoms with E-state index < -0.39 is 22.5 Å². The van der Waals surface area contributed by atoms with E-state index in [0.29, 0.717) is 23.1 Å². The van der Waals surface area contributed by atoms with Gasteiger partial charge in [-0.25, -0.2) is 8.42 Å². The van der Waals surface area contributed by atoms with Crippen LogP contribution in [0.1, 0.15) is 32.3 Å². The predicted molar refractivity (Wildman–Crippen MR) is 137 cm³/mol. The topological polar surface area (TPSA) is 72.9 Å². The number of rotatable bonds is 9. The summed E-state index contributed by atoms with van der Waals surface area (Å²) in [5.41, 5.74) is 1.07. The van der Waals surface area contributed by atoms with Gasteiger partial charge < -0.3 is 9.47 Å². The lowest BCUT2D eigenvalue weighted by Gasteiger charge is -2.23. The molecule has 0 spiro atoms. The fourth-order valence-corrected chi connectivity index (χ4v) is 5.19. The molecule has 1 amide bonds. The van der Waals surface area contributed by atoms with Gasteiger partial charge in [0.2, 0.25) is 0 Å². The van der Waals surface area contributed by atoms with E-state index in [9.17, 15) is 13.2 Å². The van der Waals surface area contributed by atoms with E-state index in [0.717, 1.165) is 14.3 Å². The molecule has 3 aromatic carbocycles. The summed E-state index contributed by atoms with van der Waals surface area (Å²) in [6.07, 6.45) is 0. The molecule has 9 heteroatoms. The number of halogens is 2. The van der Waals surface area contributed by atoms with E-state index in [1.807, 2.05) is 26.8 Å². The van der Waals surface area contributed by atoms with Crippen molar-refractivity contribution in [2.75, 3.05) is 17.5 Å². The van der Waals surface area contributed by atoms with Crippen LogP contribution >= 0.6 is 27.5 Å². The average Bonchev–Trinajstić information content (AvgIpc) is 2.79. The summed E-state index contributed by atoms with van der Waals surface area (Å²) in [4.78, 5) is 13.3. The first-order valence-electron chi connectivity index (χ1n) is 10.6. The van der Waals surface area contributed by atoms with Crippen molar-refractivity contribution >= 4 is 49.1 Å². The molecule has 0 fully saturated rings. The van der Waals surface area contributed by atoms with Crippen molar-refractivity contribution in [3.8, 4) is 11.5 Å². The molecule has 0 saturated heterocycles. The lowest BCUT2D eigenvalue weighted by molar-refractivity contribution is -0.119. The first-order valence-corrected chi connectivity index (χ1v) is 13.2. The van der Waals surface area contributed by atoms with Crippen molar-refractivity contribution in [1.82, 2.24) is 0 Å². The smallest absolute Gasteiger partial charge is 0.278 e. The molecule has 0 N–H and O–H groups in total. The predicted octanol–water partition coefficient (Wildman–Crippen LogP) is 6.43. The maximum absolute atomic E-state index is 13.5. The Morgan fingerprint density at radius 3 is 2.24 bits per heavy atom. The van der Waals surface area contributed by atoms with Crippen molar-refractivity contribution in [2.45, 2.75) is 31.6 Å². The van der Waals surface area contributed by atoms with Gasteiger partial charge in [-0.05, 0) is 85.1 Å². The number of sulfonamides is 1. The van der Waals surface area contributed by atoms with E-state index in [-0.39, 0.29) is 16.5 Å². The number of nitrogens with zero attached hydrogens (tertiary/aromatic N) is 1. The molecule has 0 aliphatic rings. The zero-order chi connectivity index (χ0) is 24.9. The van der Waals surface area contributed by atoms with Crippen molar-refractivity contribution in [3.05, 3.63) is 81.8 Å². The molecule has 0 radical (unpaired) electrons. The summed E-state index contributed by atoms with van der Waals surface area (Å²) < 4.78 is 39.9. The van der Waals surface area contributed by atoms with Gasteiger partial charge in [-0.3, -0.25) is 4.79 Å². The minimum absolute atomic E-state index is 0.0642. The third kappa shape index (κ3) is 6.11. The van der Waals surface area contributed by atoms with Crippen LogP contribution in [0, 0.1) is 0 Å². The van der Waals surface area contributed by atoms with Crippen LogP contribution in [0.5, 0.6) is 11.5 Å². The van der Waals surface area contributed by atoms with Gasteiger partial charge in [-0.1, -0.05) is 41.4 Å². The van der Waals surface area contributed by atoms with Crippen LogP contribution in [-0.2, 0) is 14.8 Å². The van der Waals surface area contributed by atoms with Gasteiger partial charge in [0, 0.05) is 9.50 Å². The lowest BCUT2D eigenvalue weighted by atomic mass is 10.0. The Hall–Kier alpha value is -2.55. The summed E-state index contributed by atoms with van der Waals surface area (Å²) in [6, 6.07) is 17.4. The Bertz CT molecular complexity index is 1250. The fourth-order valence-electron chi connectivity index (χ4n) is 3.27. The molecule has 0 atom stereocenters. The minimum atomic E-state index is -4.24. The van der Waals surface area contributed by atoms with Crippen LogP contribution in [0.15, 0.2) is 76.1 Å². The number of hydrogen-bond acceptors (Lipinski definition) is 5. The highest BCUT2D eigenvalue weighted by atomic mass is 79.9. The van der Waals surface area contributed by atoms with Crippen molar-refractivity contribution < 1.29 is 22.7 Å². The van der Waals surface area contributed by atoms with E-state index >= 15 is 0 Å². The second-order valence-corrected chi connectivity index (χ2v) is 10.8. The lowest BCUT2D eigenvalue weighted by Crippen LogP contribution is -2.40. The first-order chi connectivity index (χ1) is 16.1. The fraction of sp³-hybridized carbons (Fsp3) is 0.240. The molecule has 34 heavy (non-hydrogen) atoms. The van der Waals surface area contributed by atoms with Crippen LogP contribution in [0.4, 0.5) is 5.69 Å². The van der Waals surface area contributed by atoms with Crippen LogP contribution < -0.4 is 13.8 Å². The summed E-state index contributed by atoms with van der Waals surface area (Å²) in [5.74, 6) is 0.483. The highest BCUT2D eigenvalue weighted by Crippen LogP contribution is 2.31. The zero-order valence-corrected chi connectivity index (χ0v) is 22.2.